The highest BCUT2D eigenvalue weighted by molar-refractivity contribution is 7.15. The van der Waals surface area contributed by atoms with Crippen molar-refractivity contribution in [1.29, 1.82) is 5.26 Å². The van der Waals surface area contributed by atoms with Crippen molar-refractivity contribution in [3.8, 4) is 11.8 Å². The highest BCUT2D eigenvalue weighted by atomic mass is 32.1. The van der Waals surface area contributed by atoms with Gasteiger partial charge in [-0.1, -0.05) is 72.8 Å². The van der Waals surface area contributed by atoms with Crippen molar-refractivity contribution < 1.29 is 9.53 Å². The van der Waals surface area contributed by atoms with Crippen LogP contribution in [0.1, 0.15) is 27.3 Å². The highest BCUT2D eigenvalue weighted by Crippen LogP contribution is 2.29. The number of hydrogen-bond donors (Lipinski definition) is 1. The quantitative estimate of drug-likeness (QED) is 0.240. The largest absolute Gasteiger partial charge is 0.489 e. The van der Waals surface area contributed by atoms with Crippen LogP contribution in [0.3, 0.4) is 0 Å². The molecule has 1 aromatic heterocycles. The molecule has 1 aliphatic heterocycles. The van der Waals surface area contributed by atoms with E-state index >= 15 is 0 Å². The van der Waals surface area contributed by atoms with Crippen LogP contribution in [0.5, 0.6) is 5.75 Å². The summed E-state index contributed by atoms with van der Waals surface area (Å²) in [4.78, 5) is 21.0. The zero-order valence-corrected chi connectivity index (χ0v) is 21.1. The molecule has 6 nitrogen and oxygen atoms in total. The molecule has 0 atom stereocenters. The van der Waals surface area contributed by atoms with Gasteiger partial charge in [0.1, 0.15) is 24.0 Å². The van der Waals surface area contributed by atoms with Crippen LogP contribution in [0.4, 0.5) is 5.13 Å². The van der Waals surface area contributed by atoms with Crippen LogP contribution in [-0.4, -0.2) is 22.3 Å². The Morgan fingerprint density at radius 2 is 1.73 bits per heavy atom. The molecule has 0 bridgehead atoms. The van der Waals surface area contributed by atoms with Gasteiger partial charge in [-0.15, -0.1) is 11.3 Å². The van der Waals surface area contributed by atoms with Crippen molar-refractivity contribution in [2.75, 3.05) is 11.9 Å². The summed E-state index contributed by atoms with van der Waals surface area (Å²) in [6, 6.07) is 29.7. The van der Waals surface area contributed by atoms with E-state index < -0.39 is 5.91 Å². The van der Waals surface area contributed by atoms with Crippen molar-refractivity contribution in [2.45, 2.75) is 26.1 Å². The summed E-state index contributed by atoms with van der Waals surface area (Å²) in [7, 11) is 0. The summed E-state index contributed by atoms with van der Waals surface area (Å²) in [5.41, 5.74) is 4.16. The number of rotatable bonds is 8. The monoisotopic (exact) mass is 506 g/mol. The van der Waals surface area contributed by atoms with E-state index in [0.29, 0.717) is 11.7 Å². The van der Waals surface area contributed by atoms with Crippen LogP contribution in [0, 0.1) is 11.3 Å². The summed E-state index contributed by atoms with van der Waals surface area (Å²) in [5, 5.41) is 13.0. The minimum atomic E-state index is -0.459. The number of aromatic nitrogens is 1. The van der Waals surface area contributed by atoms with Gasteiger partial charge in [0.05, 0.1) is 5.69 Å². The van der Waals surface area contributed by atoms with Crippen molar-refractivity contribution in [2.24, 2.45) is 0 Å². The lowest BCUT2D eigenvalue weighted by molar-refractivity contribution is -0.112. The van der Waals surface area contributed by atoms with Crippen molar-refractivity contribution in [3.05, 3.63) is 118 Å². The minimum absolute atomic E-state index is 0.0248. The van der Waals surface area contributed by atoms with Gasteiger partial charge in [-0.3, -0.25) is 15.0 Å². The SMILES string of the molecule is N#C/C(=C\c1ccc(OCc2ccccc2)cc1)C(=O)Nc1nc2c(s1)CN(Cc1ccccc1)CC2. The summed E-state index contributed by atoms with van der Waals surface area (Å²) in [6.07, 6.45) is 2.42. The van der Waals surface area contributed by atoms with E-state index in [1.165, 1.54) is 16.9 Å². The van der Waals surface area contributed by atoms with E-state index in [1.54, 1.807) is 6.08 Å². The van der Waals surface area contributed by atoms with Gasteiger partial charge in [0.2, 0.25) is 0 Å². The molecule has 0 aliphatic carbocycles. The average Bonchev–Trinajstić information content (AvgIpc) is 3.33. The van der Waals surface area contributed by atoms with Crippen molar-refractivity contribution in [1.82, 2.24) is 9.88 Å². The zero-order valence-electron chi connectivity index (χ0n) is 20.3. The van der Waals surface area contributed by atoms with E-state index in [-0.39, 0.29) is 5.57 Å². The number of nitriles is 1. The molecule has 0 radical (unpaired) electrons. The smallest absolute Gasteiger partial charge is 0.268 e. The summed E-state index contributed by atoms with van der Waals surface area (Å²) in [6.45, 7) is 3.09. The van der Waals surface area contributed by atoms with Crippen molar-refractivity contribution >= 4 is 28.5 Å². The fourth-order valence-electron chi connectivity index (χ4n) is 4.16. The van der Waals surface area contributed by atoms with Crippen LogP contribution >= 0.6 is 11.3 Å². The van der Waals surface area contributed by atoms with Crippen molar-refractivity contribution in [3.63, 3.8) is 0 Å². The number of anilines is 1. The van der Waals surface area contributed by atoms with Crippen LogP contribution in [0.2, 0.25) is 0 Å². The third-order valence-corrected chi connectivity index (χ3v) is 7.08. The van der Waals surface area contributed by atoms with E-state index in [0.717, 1.165) is 53.5 Å². The molecule has 5 rings (SSSR count). The van der Waals surface area contributed by atoms with Crippen LogP contribution < -0.4 is 10.1 Å². The third-order valence-electron chi connectivity index (χ3n) is 6.08. The summed E-state index contributed by atoms with van der Waals surface area (Å²) < 4.78 is 5.81. The number of carbonyl (C=O) groups excluding carboxylic acids is 1. The first-order chi connectivity index (χ1) is 18.2. The van der Waals surface area contributed by atoms with Gasteiger partial charge in [-0.05, 0) is 34.9 Å². The van der Waals surface area contributed by atoms with Gasteiger partial charge in [-0.2, -0.15) is 5.26 Å². The molecule has 3 aromatic carbocycles. The lowest BCUT2D eigenvalue weighted by Crippen LogP contribution is -2.29. The maximum Gasteiger partial charge on any atom is 0.268 e. The second-order valence-electron chi connectivity index (χ2n) is 8.80. The van der Waals surface area contributed by atoms with Gasteiger partial charge in [-0.25, -0.2) is 4.98 Å². The first-order valence-corrected chi connectivity index (χ1v) is 12.9. The number of amides is 1. The van der Waals surface area contributed by atoms with E-state index in [2.05, 4.69) is 39.5 Å². The number of fused-ring (bicyclic) bond motifs is 1. The molecule has 1 amide bonds. The number of benzene rings is 3. The Bertz CT molecular complexity index is 1420. The Morgan fingerprint density at radius 1 is 1.03 bits per heavy atom. The Kier molecular flexibility index (Phi) is 7.70. The predicted molar refractivity (Wildman–Crippen MR) is 146 cm³/mol. The molecular weight excluding hydrogens is 480 g/mol. The molecule has 1 N–H and O–H groups in total. The van der Waals surface area contributed by atoms with Crippen LogP contribution in [0.15, 0.2) is 90.5 Å². The molecule has 7 heteroatoms. The normalized spacial score (nSPS) is 13.4. The zero-order chi connectivity index (χ0) is 25.5. The highest BCUT2D eigenvalue weighted by Gasteiger charge is 2.22. The molecule has 0 unspecified atom stereocenters. The Hall–Kier alpha value is -4.25. The van der Waals surface area contributed by atoms with Gasteiger partial charge in [0.15, 0.2) is 5.13 Å². The topological polar surface area (TPSA) is 78.2 Å². The van der Waals surface area contributed by atoms with Gasteiger partial charge in [0.25, 0.3) is 5.91 Å². The van der Waals surface area contributed by atoms with E-state index in [1.807, 2.05) is 66.7 Å². The first kappa shape index (κ1) is 24.4. The third kappa shape index (κ3) is 6.50. The number of hydrogen-bond acceptors (Lipinski definition) is 6. The molecule has 0 spiro atoms. The number of thiazole rings is 1. The molecule has 0 fully saturated rings. The fraction of sp³-hybridized carbons (Fsp3) is 0.167. The second-order valence-corrected chi connectivity index (χ2v) is 9.89. The molecule has 0 saturated heterocycles. The standard InChI is InChI=1S/C30H26N4O2S/c31-18-25(17-22-11-13-26(14-12-22)36-21-24-9-5-2-6-10-24)29(35)33-30-32-27-15-16-34(20-28(27)37-30)19-23-7-3-1-4-8-23/h1-14,17H,15-16,19-21H2,(H,32,33,35)/b25-17+. The van der Waals surface area contributed by atoms with Gasteiger partial charge >= 0.3 is 0 Å². The number of ether oxygens (including phenoxy) is 1. The molecule has 0 saturated carbocycles. The number of nitrogens with zero attached hydrogens (tertiary/aromatic N) is 3. The lowest BCUT2D eigenvalue weighted by Gasteiger charge is -2.25. The van der Waals surface area contributed by atoms with Crippen LogP contribution in [-0.2, 0) is 30.9 Å². The number of nitrogens with one attached hydrogen (secondary N) is 1. The Morgan fingerprint density at radius 3 is 2.43 bits per heavy atom. The second kappa shape index (κ2) is 11.7. The maximum absolute atomic E-state index is 12.8. The predicted octanol–water partition coefficient (Wildman–Crippen LogP) is 5.83. The number of carbonyl (C=O) groups is 1. The summed E-state index contributed by atoms with van der Waals surface area (Å²) >= 11 is 1.48. The summed E-state index contributed by atoms with van der Waals surface area (Å²) in [5.74, 6) is 0.262. The molecule has 2 heterocycles. The molecule has 184 valence electrons. The molecule has 37 heavy (non-hydrogen) atoms. The fourth-order valence-corrected chi connectivity index (χ4v) is 5.20. The molecular formula is C30H26N4O2S. The molecule has 4 aromatic rings. The van der Waals surface area contributed by atoms with Crippen LogP contribution in [0.25, 0.3) is 6.08 Å². The Balaban J connectivity index is 1.19. The molecule has 1 aliphatic rings. The average molecular weight is 507 g/mol. The van der Waals surface area contributed by atoms with E-state index in [9.17, 15) is 10.1 Å². The van der Waals surface area contributed by atoms with Gasteiger partial charge < -0.3 is 4.74 Å². The maximum atomic E-state index is 12.8. The minimum Gasteiger partial charge on any atom is -0.489 e. The van der Waals surface area contributed by atoms with Gasteiger partial charge in [0, 0.05) is 30.9 Å². The lowest BCUT2D eigenvalue weighted by atomic mass is 10.1. The Labute approximate surface area is 220 Å². The van der Waals surface area contributed by atoms with E-state index in [4.69, 9.17) is 4.74 Å². The first-order valence-electron chi connectivity index (χ1n) is 12.1.